The molecular weight excluding hydrogens is 344 g/mol. The van der Waals surface area contributed by atoms with E-state index in [0.29, 0.717) is 42.5 Å². The van der Waals surface area contributed by atoms with Gasteiger partial charge < -0.3 is 14.7 Å². The summed E-state index contributed by atoms with van der Waals surface area (Å²) in [6.45, 7) is 7.10. The van der Waals surface area contributed by atoms with Crippen LogP contribution in [0.4, 0.5) is 5.69 Å². The van der Waals surface area contributed by atoms with Gasteiger partial charge in [-0.25, -0.2) is 0 Å². The Kier molecular flexibility index (Phi) is 5.88. The van der Waals surface area contributed by atoms with Crippen molar-refractivity contribution in [1.29, 1.82) is 0 Å². The Hall–Kier alpha value is -2.70. The molecule has 1 N–H and O–H groups in total. The fourth-order valence-electron chi connectivity index (χ4n) is 3.17. The Morgan fingerprint density at radius 3 is 2.89 bits per heavy atom. The second-order valence-corrected chi connectivity index (χ2v) is 7.22. The van der Waals surface area contributed by atoms with Crippen LogP contribution in [0.25, 0.3) is 0 Å². The van der Waals surface area contributed by atoms with E-state index in [2.05, 4.69) is 15.5 Å². The molecule has 1 aliphatic rings. The molecule has 2 aromatic rings. The van der Waals surface area contributed by atoms with Gasteiger partial charge in [0.15, 0.2) is 5.82 Å². The van der Waals surface area contributed by atoms with Gasteiger partial charge in [-0.05, 0) is 31.0 Å². The Labute approximate surface area is 159 Å². The van der Waals surface area contributed by atoms with Crippen LogP contribution in [-0.4, -0.2) is 39.9 Å². The molecule has 1 fully saturated rings. The number of piperidine rings is 1. The number of nitrogens with zero attached hydrogens (tertiary/aromatic N) is 3. The smallest absolute Gasteiger partial charge is 0.253 e. The van der Waals surface area contributed by atoms with E-state index in [1.807, 2.05) is 18.7 Å². The Bertz CT molecular complexity index is 815. The van der Waals surface area contributed by atoms with Gasteiger partial charge in [0.1, 0.15) is 0 Å². The summed E-state index contributed by atoms with van der Waals surface area (Å²) in [7, 11) is 0. The summed E-state index contributed by atoms with van der Waals surface area (Å²) < 4.78 is 5.43. The number of aromatic nitrogens is 2. The zero-order valence-electron chi connectivity index (χ0n) is 16.1. The number of amides is 2. The molecule has 1 saturated heterocycles. The molecule has 27 heavy (non-hydrogen) atoms. The zero-order chi connectivity index (χ0) is 19.4. The second-order valence-electron chi connectivity index (χ2n) is 7.22. The number of rotatable bonds is 5. The summed E-state index contributed by atoms with van der Waals surface area (Å²) in [5.74, 6) is 1.47. The van der Waals surface area contributed by atoms with E-state index in [1.165, 1.54) is 0 Å². The molecule has 1 aliphatic heterocycles. The highest BCUT2D eigenvalue weighted by Gasteiger charge is 2.29. The maximum Gasteiger partial charge on any atom is 0.253 e. The number of hydrogen-bond acceptors (Lipinski definition) is 5. The molecule has 7 nitrogen and oxygen atoms in total. The molecule has 2 amide bonds. The van der Waals surface area contributed by atoms with Crippen LogP contribution in [0.15, 0.2) is 28.8 Å². The Morgan fingerprint density at radius 2 is 2.19 bits per heavy atom. The van der Waals surface area contributed by atoms with Crippen LogP contribution in [0.2, 0.25) is 0 Å². The largest absolute Gasteiger partial charge is 0.339 e. The third-order valence-corrected chi connectivity index (χ3v) is 4.75. The van der Waals surface area contributed by atoms with E-state index >= 15 is 0 Å². The summed E-state index contributed by atoms with van der Waals surface area (Å²) in [4.78, 5) is 30.8. The van der Waals surface area contributed by atoms with E-state index in [9.17, 15) is 9.59 Å². The minimum atomic E-state index is -0.0741. The molecule has 2 heterocycles. The normalized spacial score (nSPS) is 17.2. The molecule has 3 rings (SSSR count). The number of hydrogen-bond donors (Lipinski definition) is 1. The molecule has 0 aliphatic carbocycles. The number of anilines is 1. The lowest BCUT2D eigenvalue weighted by atomic mass is 9.97. The number of nitrogens with one attached hydrogen (secondary N) is 1. The summed E-state index contributed by atoms with van der Waals surface area (Å²) in [6.07, 6.45) is 2.21. The van der Waals surface area contributed by atoms with Crippen molar-refractivity contribution in [1.82, 2.24) is 15.0 Å². The summed E-state index contributed by atoms with van der Waals surface area (Å²) in [5, 5.41) is 6.83. The Morgan fingerprint density at radius 1 is 1.37 bits per heavy atom. The molecule has 1 aromatic heterocycles. The number of carbonyl (C=O) groups is 2. The lowest BCUT2D eigenvalue weighted by Crippen LogP contribution is -2.39. The van der Waals surface area contributed by atoms with Gasteiger partial charge in [-0.2, -0.15) is 4.98 Å². The first-order valence-electron chi connectivity index (χ1n) is 9.50. The van der Waals surface area contributed by atoms with Gasteiger partial charge >= 0.3 is 0 Å². The number of carbonyl (C=O) groups excluding carboxylic acids is 2. The van der Waals surface area contributed by atoms with Crippen molar-refractivity contribution in [3.63, 3.8) is 0 Å². The fraction of sp³-hybridized carbons (Fsp3) is 0.500. The molecular formula is C20H26N4O3. The van der Waals surface area contributed by atoms with E-state index in [1.54, 1.807) is 31.2 Å². The summed E-state index contributed by atoms with van der Waals surface area (Å²) in [5.41, 5.74) is 1.21. The van der Waals surface area contributed by atoms with Gasteiger partial charge in [-0.1, -0.05) is 32.0 Å². The van der Waals surface area contributed by atoms with Gasteiger partial charge in [0.05, 0.1) is 5.92 Å². The highest BCUT2D eigenvalue weighted by molar-refractivity contribution is 5.97. The monoisotopic (exact) mass is 370 g/mol. The van der Waals surface area contributed by atoms with Gasteiger partial charge in [0, 0.05) is 36.7 Å². The molecule has 1 atom stereocenters. The lowest BCUT2D eigenvalue weighted by Gasteiger charge is -2.31. The van der Waals surface area contributed by atoms with Crippen molar-refractivity contribution in [3.05, 3.63) is 41.5 Å². The minimum Gasteiger partial charge on any atom is -0.339 e. The maximum atomic E-state index is 12.9. The SMILES string of the molecule is CCC(=O)Nc1cccc(C(=O)N2CCC[C@@H](c3nc(C(C)C)no3)C2)c1. The quantitative estimate of drug-likeness (QED) is 0.869. The first-order chi connectivity index (χ1) is 13.0. The van der Waals surface area contributed by atoms with Crippen molar-refractivity contribution in [3.8, 4) is 0 Å². The lowest BCUT2D eigenvalue weighted by molar-refractivity contribution is -0.115. The van der Waals surface area contributed by atoms with E-state index < -0.39 is 0 Å². The third kappa shape index (κ3) is 4.53. The Balaban J connectivity index is 1.71. The molecule has 0 saturated carbocycles. The van der Waals surface area contributed by atoms with Gasteiger partial charge in [0.25, 0.3) is 5.91 Å². The summed E-state index contributed by atoms with van der Waals surface area (Å²) in [6, 6.07) is 7.07. The van der Waals surface area contributed by atoms with Crippen LogP contribution in [0, 0.1) is 0 Å². The van der Waals surface area contributed by atoms with Crippen LogP contribution in [-0.2, 0) is 4.79 Å². The average Bonchev–Trinajstić information content (AvgIpc) is 3.18. The minimum absolute atomic E-state index is 0.0455. The molecule has 0 spiro atoms. The van der Waals surface area contributed by atoms with Crippen molar-refractivity contribution < 1.29 is 14.1 Å². The van der Waals surface area contributed by atoms with Crippen LogP contribution < -0.4 is 5.32 Å². The first-order valence-corrected chi connectivity index (χ1v) is 9.50. The van der Waals surface area contributed by atoms with Crippen LogP contribution >= 0.6 is 0 Å². The number of likely N-dealkylation sites (tertiary alicyclic amines) is 1. The molecule has 1 aromatic carbocycles. The molecule has 144 valence electrons. The van der Waals surface area contributed by atoms with E-state index in [4.69, 9.17) is 4.52 Å². The average molecular weight is 370 g/mol. The predicted molar refractivity (Wildman–Crippen MR) is 102 cm³/mol. The third-order valence-electron chi connectivity index (χ3n) is 4.75. The molecule has 7 heteroatoms. The van der Waals surface area contributed by atoms with Crippen molar-refractivity contribution in [2.24, 2.45) is 0 Å². The topological polar surface area (TPSA) is 88.3 Å². The van der Waals surface area contributed by atoms with Gasteiger partial charge in [-0.15, -0.1) is 0 Å². The highest BCUT2D eigenvalue weighted by atomic mass is 16.5. The van der Waals surface area contributed by atoms with Crippen molar-refractivity contribution >= 4 is 17.5 Å². The number of benzene rings is 1. The van der Waals surface area contributed by atoms with Gasteiger partial charge in [-0.3, -0.25) is 9.59 Å². The van der Waals surface area contributed by atoms with Crippen LogP contribution in [0.3, 0.4) is 0 Å². The van der Waals surface area contributed by atoms with Gasteiger partial charge in [0.2, 0.25) is 11.8 Å². The van der Waals surface area contributed by atoms with Crippen molar-refractivity contribution in [2.45, 2.75) is 51.9 Å². The zero-order valence-corrected chi connectivity index (χ0v) is 16.1. The summed E-state index contributed by atoms with van der Waals surface area (Å²) >= 11 is 0. The molecule has 0 unspecified atom stereocenters. The van der Waals surface area contributed by atoms with E-state index in [0.717, 1.165) is 12.8 Å². The molecule has 0 bridgehead atoms. The first kappa shape index (κ1) is 19.1. The predicted octanol–water partition coefficient (Wildman–Crippen LogP) is 3.56. The van der Waals surface area contributed by atoms with E-state index in [-0.39, 0.29) is 23.7 Å². The van der Waals surface area contributed by atoms with Crippen LogP contribution in [0.1, 0.15) is 73.9 Å². The second kappa shape index (κ2) is 8.33. The van der Waals surface area contributed by atoms with Crippen LogP contribution in [0.5, 0.6) is 0 Å². The fourth-order valence-corrected chi connectivity index (χ4v) is 3.17. The molecule has 0 radical (unpaired) electrons. The van der Waals surface area contributed by atoms with Crippen molar-refractivity contribution in [2.75, 3.05) is 18.4 Å². The highest BCUT2D eigenvalue weighted by Crippen LogP contribution is 2.28. The standard InChI is InChI=1S/C20H26N4O3/c1-4-17(25)21-16-9-5-7-14(11-16)20(26)24-10-6-8-15(12-24)19-22-18(13(2)3)23-27-19/h5,7,9,11,13,15H,4,6,8,10,12H2,1-3H3,(H,21,25)/t15-/m1/s1. The maximum absolute atomic E-state index is 12.9.